The first kappa shape index (κ1) is 19.8. The molecule has 1 amide bonds. The van der Waals surface area contributed by atoms with E-state index in [1.807, 2.05) is 13.8 Å². The van der Waals surface area contributed by atoms with Gasteiger partial charge < -0.3 is 4.90 Å². The minimum Gasteiger partial charge on any atom is -0.333 e. The number of hydrogen-bond acceptors (Lipinski definition) is 3. The smallest absolute Gasteiger partial charge is 0.220 e. The summed E-state index contributed by atoms with van der Waals surface area (Å²) in [7, 11) is 0. The fourth-order valence-electron chi connectivity index (χ4n) is 1.57. The van der Waals surface area contributed by atoms with E-state index >= 15 is 0 Å². The second kappa shape index (κ2) is 9.42. The van der Waals surface area contributed by atoms with Gasteiger partial charge in [-0.1, -0.05) is 34.6 Å². The number of nitrogens with zero attached hydrogens (tertiary/aromatic N) is 1. The molecular weight excluding hydrogens is 246 g/mol. The molecule has 0 N–H and O–H groups in total. The summed E-state index contributed by atoms with van der Waals surface area (Å²) >= 11 is 4.12. The Bertz CT molecular complexity index is 233. The van der Waals surface area contributed by atoms with Gasteiger partial charge in [0.05, 0.1) is 6.04 Å². The number of likely N-dealkylation sites (tertiary alicyclic amines) is 1. The van der Waals surface area contributed by atoms with E-state index in [0.29, 0.717) is 0 Å². The SMILES string of the molecule is CC.CC(=O)C1CCCN1C(C)=O.CC(C)(C)S. The zero-order valence-electron chi connectivity index (χ0n) is 12.9. The number of rotatable bonds is 1. The quantitative estimate of drug-likeness (QED) is 0.745. The van der Waals surface area contributed by atoms with Gasteiger partial charge in [0.2, 0.25) is 5.91 Å². The van der Waals surface area contributed by atoms with E-state index in [1.54, 1.807) is 11.8 Å². The van der Waals surface area contributed by atoms with Crippen LogP contribution in [0.25, 0.3) is 0 Å². The van der Waals surface area contributed by atoms with Gasteiger partial charge in [-0.2, -0.15) is 12.6 Å². The summed E-state index contributed by atoms with van der Waals surface area (Å²) in [5.74, 6) is 0.125. The van der Waals surface area contributed by atoms with E-state index in [-0.39, 0.29) is 22.5 Å². The maximum atomic E-state index is 11.0. The molecule has 1 atom stereocenters. The average molecular weight is 275 g/mol. The molecule has 4 heteroatoms. The number of carbonyl (C=O) groups excluding carboxylic acids is 2. The molecule has 1 unspecified atom stereocenters. The Morgan fingerprint density at radius 2 is 1.56 bits per heavy atom. The lowest BCUT2D eigenvalue weighted by Gasteiger charge is -2.20. The molecule has 0 aromatic heterocycles. The van der Waals surface area contributed by atoms with Crippen LogP contribution in [-0.4, -0.2) is 33.9 Å². The normalized spacial score (nSPS) is 18.2. The highest BCUT2D eigenvalue weighted by Crippen LogP contribution is 2.17. The van der Waals surface area contributed by atoms with Crippen molar-refractivity contribution in [3.8, 4) is 0 Å². The van der Waals surface area contributed by atoms with Crippen molar-refractivity contribution in [2.75, 3.05) is 6.54 Å². The Morgan fingerprint density at radius 3 is 1.78 bits per heavy atom. The molecule has 0 aromatic carbocycles. The van der Waals surface area contributed by atoms with Crippen molar-refractivity contribution in [1.29, 1.82) is 0 Å². The number of ketones is 1. The fourth-order valence-corrected chi connectivity index (χ4v) is 1.57. The van der Waals surface area contributed by atoms with Gasteiger partial charge in [-0.25, -0.2) is 0 Å². The predicted octanol–water partition coefficient (Wildman–Crippen LogP) is 3.33. The molecule has 0 saturated carbocycles. The first-order valence-corrected chi connectivity index (χ1v) is 7.07. The molecule has 3 nitrogen and oxygen atoms in total. The summed E-state index contributed by atoms with van der Waals surface area (Å²) in [5.41, 5.74) is 0. The van der Waals surface area contributed by atoms with Gasteiger partial charge in [0, 0.05) is 18.2 Å². The molecule has 0 bridgehead atoms. The summed E-state index contributed by atoms with van der Waals surface area (Å²) in [6, 6.07) is -0.132. The monoisotopic (exact) mass is 275 g/mol. The van der Waals surface area contributed by atoms with Crippen LogP contribution in [0.15, 0.2) is 0 Å². The molecule has 0 aliphatic carbocycles. The van der Waals surface area contributed by atoms with E-state index in [4.69, 9.17) is 0 Å². The van der Waals surface area contributed by atoms with Crippen LogP contribution >= 0.6 is 12.6 Å². The number of amides is 1. The van der Waals surface area contributed by atoms with E-state index in [1.165, 1.54) is 6.92 Å². The maximum Gasteiger partial charge on any atom is 0.220 e. The average Bonchev–Trinajstić information content (AvgIpc) is 2.66. The molecular formula is C14H29NO2S. The molecule has 0 spiro atoms. The van der Waals surface area contributed by atoms with Crippen molar-refractivity contribution in [2.45, 2.75) is 72.1 Å². The highest BCUT2D eigenvalue weighted by atomic mass is 32.1. The molecule has 0 aromatic rings. The maximum absolute atomic E-state index is 11.0. The van der Waals surface area contributed by atoms with Gasteiger partial charge in [0.15, 0.2) is 5.78 Å². The van der Waals surface area contributed by atoms with E-state index in [0.717, 1.165) is 19.4 Å². The minimum absolute atomic E-state index is 0.0164. The van der Waals surface area contributed by atoms with Crippen LogP contribution in [0, 0.1) is 0 Å². The van der Waals surface area contributed by atoms with Crippen molar-refractivity contribution in [1.82, 2.24) is 4.90 Å². The van der Waals surface area contributed by atoms with Crippen molar-refractivity contribution in [3.05, 3.63) is 0 Å². The standard InChI is InChI=1S/C8H13NO2.C4H10S.C2H6/c1-6(10)8-4-3-5-9(8)7(2)11;1-4(2,3)5;1-2/h8H,3-5H2,1-2H3;5H,1-3H3;1-2H3. The number of carbonyl (C=O) groups is 2. The van der Waals surface area contributed by atoms with Crippen LogP contribution in [0.1, 0.15) is 61.3 Å². The molecule has 1 heterocycles. The van der Waals surface area contributed by atoms with Crippen molar-refractivity contribution in [3.63, 3.8) is 0 Å². The molecule has 18 heavy (non-hydrogen) atoms. The lowest BCUT2D eigenvalue weighted by Crippen LogP contribution is -2.37. The molecule has 1 fully saturated rings. The van der Waals surface area contributed by atoms with Gasteiger partial charge in [-0.3, -0.25) is 9.59 Å². The minimum atomic E-state index is -0.132. The van der Waals surface area contributed by atoms with E-state index in [9.17, 15) is 9.59 Å². The molecule has 1 aliphatic rings. The van der Waals surface area contributed by atoms with Crippen LogP contribution in [0.5, 0.6) is 0 Å². The van der Waals surface area contributed by atoms with Crippen molar-refractivity contribution in [2.24, 2.45) is 0 Å². The third-order valence-electron chi connectivity index (χ3n) is 2.13. The van der Waals surface area contributed by atoms with Crippen molar-refractivity contribution < 1.29 is 9.59 Å². The van der Waals surface area contributed by atoms with E-state index < -0.39 is 0 Å². The summed E-state index contributed by atoms with van der Waals surface area (Å²) in [4.78, 5) is 23.6. The number of Topliss-reactive ketones (excluding diaryl/α,β-unsaturated/α-hetero) is 1. The van der Waals surface area contributed by atoms with E-state index in [2.05, 4.69) is 33.4 Å². The predicted molar refractivity (Wildman–Crippen MR) is 81.2 cm³/mol. The summed E-state index contributed by atoms with van der Waals surface area (Å²) in [6.45, 7) is 14.0. The van der Waals surface area contributed by atoms with Crippen molar-refractivity contribution >= 4 is 24.3 Å². The Balaban J connectivity index is 0. The van der Waals surface area contributed by atoms with Gasteiger partial charge >= 0.3 is 0 Å². The second-order valence-electron chi connectivity index (χ2n) is 5.15. The molecule has 1 aliphatic heterocycles. The molecule has 0 radical (unpaired) electrons. The molecule has 1 rings (SSSR count). The Morgan fingerprint density at radius 1 is 1.17 bits per heavy atom. The Hall–Kier alpha value is -0.510. The van der Waals surface area contributed by atoms with Gasteiger partial charge in [0.1, 0.15) is 0 Å². The highest BCUT2D eigenvalue weighted by molar-refractivity contribution is 7.81. The van der Waals surface area contributed by atoms with Gasteiger partial charge in [-0.05, 0) is 19.8 Å². The third kappa shape index (κ3) is 10.6. The fraction of sp³-hybridized carbons (Fsp3) is 0.857. The Labute approximate surface area is 118 Å². The summed E-state index contributed by atoms with van der Waals surface area (Å²) in [6.07, 6.45) is 1.80. The third-order valence-corrected chi connectivity index (χ3v) is 2.13. The lowest BCUT2D eigenvalue weighted by molar-refractivity contribution is -0.135. The Kier molecular flexibility index (Phi) is 10.4. The van der Waals surface area contributed by atoms with Crippen LogP contribution in [0.4, 0.5) is 0 Å². The second-order valence-corrected chi connectivity index (χ2v) is 6.49. The van der Waals surface area contributed by atoms with Gasteiger partial charge in [0.25, 0.3) is 0 Å². The molecule has 108 valence electrons. The lowest BCUT2D eigenvalue weighted by atomic mass is 10.1. The van der Waals surface area contributed by atoms with Crippen LogP contribution in [-0.2, 0) is 9.59 Å². The zero-order valence-corrected chi connectivity index (χ0v) is 13.8. The summed E-state index contributed by atoms with van der Waals surface area (Å²) in [5, 5.41) is 0. The van der Waals surface area contributed by atoms with Crippen LogP contribution < -0.4 is 0 Å². The summed E-state index contributed by atoms with van der Waals surface area (Å²) < 4.78 is 0.194. The number of thiol groups is 1. The number of hydrogen-bond donors (Lipinski definition) is 1. The highest BCUT2D eigenvalue weighted by Gasteiger charge is 2.29. The first-order chi connectivity index (χ1) is 8.13. The molecule has 1 saturated heterocycles. The van der Waals surface area contributed by atoms with Crippen LogP contribution in [0.2, 0.25) is 0 Å². The largest absolute Gasteiger partial charge is 0.333 e. The topological polar surface area (TPSA) is 37.4 Å². The zero-order chi connectivity index (χ0) is 14.9. The first-order valence-electron chi connectivity index (χ1n) is 6.63. The van der Waals surface area contributed by atoms with Gasteiger partial charge in [-0.15, -0.1) is 0 Å². The van der Waals surface area contributed by atoms with Crippen LogP contribution in [0.3, 0.4) is 0 Å².